The number of benzene rings is 3. The van der Waals surface area contributed by atoms with Crippen molar-refractivity contribution in [3.63, 3.8) is 0 Å². The predicted octanol–water partition coefficient (Wildman–Crippen LogP) is 2.40. The lowest BCUT2D eigenvalue weighted by Gasteiger charge is -2.12. The quantitative estimate of drug-likeness (QED) is 0.294. The SMILES string of the molecule is NCCC[C@H](N)C(=O)NCCNC(=O)c1ccc(C#Cc2ccccc2)c(C#Cc2ccccc2)c1. The number of carbonyl (C=O) groups is 2. The first-order chi connectivity index (χ1) is 17.6. The van der Waals surface area contributed by atoms with Crippen molar-refractivity contribution in [2.45, 2.75) is 18.9 Å². The molecule has 0 aliphatic carbocycles. The zero-order chi connectivity index (χ0) is 25.6. The molecule has 182 valence electrons. The molecule has 0 saturated heterocycles. The van der Waals surface area contributed by atoms with Crippen LogP contribution in [0.1, 0.15) is 45.5 Å². The Hall–Kier alpha value is -4.36. The summed E-state index contributed by atoms with van der Waals surface area (Å²) in [5, 5.41) is 5.55. The van der Waals surface area contributed by atoms with Gasteiger partial charge in [0.2, 0.25) is 5.91 Å². The van der Waals surface area contributed by atoms with Gasteiger partial charge in [0.15, 0.2) is 0 Å². The molecule has 6 nitrogen and oxygen atoms in total. The van der Waals surface area contributed by atoms with E-state index in [4.69, 9.17) is 11.5 Å². The molecule has 3 aromatic carbocycles. The van der Waals surface area contributed by atoms with Crippen LogP contribution in [-0.4, -0.2) is 37.5 Å². The van der Waals surface area contributed by atoms with Crippen LogP contribution in [0.15, 0.2) is 78.9 Å². The van der Waals surface area contributed by atoms with E-state index in [0.717, 1.165) is 16.7 Å². The minimum absolute atomic E-state index is 0.252. The second-order valence-electron chi connectivity index (χ2n) is 8.08. The number of amides is 2. The van der Waals surface area contributed by atoms with Crippen LogP contribution in [0.25, 0.3) is 0 Å². The molecule has 3 aromatic rings. The van der Waals surface area contributed by atoms with Gasteiger partial charge in [0.1, 0.15) is 0 Å². The van der Waals surface area contributed by atoms with Gasteiger partial charge in [-0.05, 0) is 61.9 Å². The van der Waals surface area contributed by atoms with Crippen molar-refractivity contribution in [3.8, 4) is 23.7 Å². The summed E-state index contributed by atoms with van der Waals surface area (Å²) in [6, 6.07) is 24.0. The average molecular weight is 479 g/mol. The summed E-state index contributed by atoms with van der Waals surface area (Å²) in [6.07, 6.45) is 1.22. The summed E-state index contributed by atoms with van der Waals surface area (Å²) >= 11 is 0. The van der Waals surface area contributed by atoms with Crippen LogP contribution in [0.2, 0.25) is 0 Å². The monoisotopic (exact) mass is 478 g/mol. The number of rotatable bonds is 8. The van der Waals surface area contributed by atoms with Gasteiger partial charge < -0.3 is 22.1 Å². The van der Waals surface area contributed by atoms with E-state index in [2.05, 4.69) is 34.3 Å². The molecule has 0 fully saturated rings. The molecule has 6 heteroatoms. The lowest BCUT2D eigenvalue weighted by molar-refractivity contribution is -0.122. The van der Waals surface area contributed by atoms with Crippen LogP contribution in [0.4, 0.5) is 0 Å². The summed E-state index contributed by atoms with van der Waals surface area (Å²) in [7, 11) is 0. The van der Waals surface area contributed by atoms with Gasteiger partial charge in [0, 0.05) is 40.9 Å². The largest absolute Gasteiger partial charge is 0.353 e. The van der Waals surface area contributed by atoms with Gasteiger partial charge in [-0.1, -0.05) is 60.1 Å². The zero-order valence-corrected chi connectivity index (χ0v) is 20.1. The third kappa shape index (κ3) is 8.45. The third-order valence-corrected chi connectivity index (χ3v) is 5.28. The Morgan fingerprint density at radius 2 is 1.33 bits per heavy atom. The van der Waals surface area contributed by atoms with Gasteiger partial charge in [-0.2, -0.15) is 0 Å². The Balaban J connectivity index is 1.70. The Bertz CT molecular complexity index is 1280. The lowest BCUT2D eigenvalue weighted by Crippen LogP contribution is -2.43. The van der Waals surface area contributed by atoms with E-state index in [1.165, 1.54) is 0 Å². The Labute approximate surface area is 212 Å². The fourth-order valence-electron chi connectivity index (χ4n) is 3.28. The van der Waals surface area contributed by atoms with Gasteiger partial charge in [0.05, 0.1) is 6.04 Å². The smallest absolute Gasteiger partial charge is 0.251 e. The topological polar surface area (TPSA) is 110 Å². The second kappa shape index (κ2) is 14.1. The third-order valence-electron chi connectivity index (χ3n) is 5.28. The normalized spacial score (nSPS) is 10.7. The van der Waals surface area contributed by atoms with Gasteiger partial charge >= 0.3 is 0 Å². The maximum atomic E-state index is 12.7. The minimum Gasteiger partial charge on any atom is -0.353 e. The van der Waals surface area contributed by atoms with Crippen molar-refractivity contribution in [2.75, 3.05) is 19.6 Å². The first kappa shape index (κ1) is 26.2. The van der Waals surface area contributed by atoms with Gasteiger partial charge in [-0.15, -0.1) is 0 Å². The number of hydrogen-bond acceptors (Lipinski definition) is 4. The molecule has 0 aromatic heterocycles. The van der Waals surface area contributed by atoms with Crippen LogP contribution < -0.4 is 22.1 Å². The molecule has 2 amide bonds. The van der Waals surface area contributed by atoms with E-state index in [-0.39, 0.29) is 24.9 Å². The molecule has 0 bridgehead atoms. The highest BCUT2D eigenvalue weighted by molar-refractivity contribution is 5.95. The molecule has 0 unspecified atom stereocenters. The van der Waals surface area contributed by atoms with Crippen molar-refractivity contribution in [1.82, 2.24) is 10.6 Å². The number of hydrogen-bond donors (Lipinski definition) is 4. The summed E-state index contributed by atoms with van der Waals surface area (Å²) in [5.41, 5.74) is 14.9. The minimum atomic E-state index is -0.598. The second-order valence-corrected chi connectivity index (χ2v) is 8.08. The van der Waals surface area contributed by atoms with Crippen LogP contribution in [0.3, 0.4) is 0 Å². The van der Waals surface area contributed by atoms with Crippen molar-refractivity contribution >= 4 is 11.8 Å². The van der Waals surface area contributed by atoms with Gasteiger partial charge in [-0.25, -0.2) is 0 Å². The molecule has 1 atom stereocenters. The molecule has 3 rings (SSSR count). The highest BCUT2D eigenvalue weighted by Crippen LogP contribution is 2.12. The Morgan fingerprint density at radius 1 is 0.750 bits per heavy atom. The number of nitrogens with two attached hydrogens (primary N) is 2. The van der Waals surface area contributed by atoms with Crippen molar-refractivity contribution in [2.24, 2.45) is 11.5 Å². The van der Waals surface area contributed by atoms with Gasteiger partial charge in [-0.3, -0.25) is 9.59 Å². The van der Waals surface area contributed by atoms with Crippen molar-refractivity contribution in [3.05, 3.63) is 107 Å². The van der Waals surface area contributed by atoms with E-state index >= 15 is 0 Å². The molecule has 0 aliphatic rings. The summed E-state index contributed by atoms with van der Waals surface area (Å²) < 4.78 is 0. The molecule has 36 heavy (non-hydrogen) atoms. The molecule has 6 N–H and O–H groups in total. The van der Waals surface area contributed by atoms with Crippen molar-refractivity contribution in [1.29, 1.82) is 0 Å². The summed E-state index contributed by atoms with van der Waals surface area (Å²) in [6.45, 7) is 1.04. The van der Waals surface area contributed by atoms with E-state index < -0.39 is 6.04 Å². The van der Waals surface area contributed by atoms with E-state index in [1.807, 2.05) is 60.7 Å². The van der Waals surface area contributed by atoms with Crippen LogP contribution in [0.5, 0.6) is 0 Å². The first-order valence-electron chi connectivity index (χ1n) is 11.9. The van der Waals surface area contributed by atoms with Gasteiger partial charge in [0.25, 0.3) is 5.91 Å². The molecule has 0 spiro atoms. The Morgan fingerprint density at radius 3 is 1.94 bits per heavy atom. The average Bonchev–Trinajstić information content (AvgIpc) is 2.92. The van der Waals surface area contributed by atoms with E-state index in [0.29, 0.717) is 30.5 Å². The highest BCUT2D eigenvalue weighted by Gasteiger charge is 2.12. The summed E-state index contributed by atoms with van der Waals surface area (Å²) in [4.78, 5) is 24.7. The van der Waals surface area contributed by atoms with E-state index in [1.54, 1.807) is 18.2 Å². The maximum absolute atomic E-state index is 12.7. The molecule has 0 aliphatic heterocycles. The standard InChI is InChI=1S/C30H30N4O2/c31-19-7-12-28(32)30(36)34-21-20-33-29(35)27-18-17-25(15-13-23-8-3-1-4-9-23)26(22-27)16-14-24-10-5-2-6-11-24/h1-6,8-11,17-18,22,28H,7,12,19-21,31-32H2,(H,33,35)(H,34,36)/t28-/m0/s1. The molecule has 0 radical (unpaired) electrons. The molecular formula is C30H30N4O2. The Kier molecular flexibility index (Phi) is 10.3. The molecular weight excluding hydrogens is 448 g/mol. The number of carbonyl (C=O) groups excluding carboxylic acids is 2. The van der Waals surface area contributed by atoms with E-state index in [9.17, 15) is 9.59 Å². The number of nitrogens with one attached hydrogen (secondary N) is 2. The molecule has 0 saturated carbocycles. The lowest BCUT2D eigenvalue weighted by atomic mass is 10.0. The first-order valence-corrected chi connectivity index (χ1v) is 11.9. The fourth-order valence-corrected chi connectivity index (χ4v) is 3.28. The fraction of sp³-hybridized carbons (Fsp3) is 0.200. The maximum Gasteiger partial charge on any atom is 0.251 e. The van der Waals surface area contributed by atoms with Crippen LogP contribution in [-0.2, 0) is 4.79 Å². The van der Waals surface area contributed by atoms with Crippen LogP contribution in [0, 0.1) is 23.7 Å². The predicted molar refractivity (Wildman–Crippen MR) is 143 cm³/mol. The summed E-state index contributed by atoms with van der Waals surface area (Å²) in [5.74, 6) is 12.1. The molecule has 0 heterocycles. The van der Waals surface area contributed by atoms with Crippen LogP contribution >= 0.6 is 0 Å². The van der Waals surface area contributed by atoms with Crippen molar-refractivity contribution < 1.29 is 9.59 Å². The highest BCUT2D eigenvalue weighted by atomic mass is 16.2. The zero-order valence-electron chi connectivity index (χ0n) is 20.1.